The van der Waals surface area contributed by atoms with Crippen LogP contribution in [0.3, 0.4) is 0 Å². The maximum atomic E-state index is 14.3. The molecule has 2 aromatic rings. The van der Waals surface area contributed by atoms with Gasteiger partial charge in [0.1, 0.15) is 22.7 Å². The van der Waals surface area contributed by atoms with Crippen molar-refractivity contribution in [1.82, 2.24) is 5.01 Å². The second-order valence-corrected chi connectivity index (χ2v) is 8.26. The number of aliphatic hydroxyl groups is 1. The SMILES string of the molecule is COc1cc(OC)c(N(C(=O)N2N=NN(c3c(F)cccc3F)C2O)C2CCCCC2)cc1C(=O)O. The molecule has 2 amide bonds. The number of amides is 2. The number of rotatable bonds is 6. The first kappa shape index (κ1) is 25.1. The predicted octanol–water partition coefficient (Wildman–Crippen LogP) is 4.32. The summed E-state index contributed by atoms with van der Waals surface area (Å²) >= 11 is 0. The molecule has 13 heteroatoms. The largest absolute Gasteiger partial charge is 0.496 e. The summed E-state index contributed by atoms with van der Waals surface area (Å²) in [4.78, 5) is 27.0. The zero-order chi connectivity index (χ0) is 26.0. The van der Waals surface area contributed by atoms with Crippen molar-refractivity contribution in [3.63, 3.8) is 0 Å². The summed E-state index contributed by atoms with van der Waals surface area (Å²) in [6.45, 7) is 0. The zero-order valence-corrected chi connectivity index (χ0v) is 19.6. The summed E-state index contributed by atoms with van der Waals surface area (Å²) in [5.74, 6) is -3.11. The fraction of sp³-hybridized carbons (Fsp3) is 0.391. The number of carboxylic acid groups (broad SMARTS) is 1. The molecule has 1 heterocycles. The first-order chi connectivity index (χ1) is 17.3. The lowest BCUT2D eigenvalue weighted by molar-refractivity contribution is 0.0520. The number of ether oxygens (including phenoxy) is 2. The van der Waals surface area contributed by atoms with Gasteiger partial charge in [0.05, 0.1) is 19.9 Å². The van der Waals surface area contributed by atoms with Crippen LogP contribution in [0.2, 0.25) is 0 Å². The molecule has 0 radical (unpaired) electrons. The first-order valence-electron chi connectivity index (χ1n) is 11.2. The van der Waals surface area contributed by atoms with Gasteiger partial charge in [-0.05, 0) is 41.5 Å². The van der Waals surface area contributed by atoms with Gasteiger partial charge in [-0.25, -0.2) is 18.4 Å². The Labute approximate surface area is 205 Å². The highest BCUT2D eigenvalue weighted by Gasteiger charge is 2.42. The van der Waals surface area contributed by atoms with Gasteiger partial charge in [-0.2, -0.15) is 5.01 Å². The minimum atomic E-state index is -1.96. The van der Waals surface area contributed by atoms with Gasteiger partial charge in [0.15, 0.2) is 11.6 Å². The molecule has 0 bridgehead atoms. The van der Waals surface area contributed by atoms with E-state index in [1.165, 1.54) is 31.3 Å². The van der Waals surface area contributed by atoms with Crippen LogP contribution < -0.4 is 19.4 Å². The molecule has 192 valence electrons. The van der Waals surface area contributed by atoms with Crippen molar-refractivity contribution in [1.29, 1.82) is 0 Å². The number of carboxylic acids is 1. The van der Waals surface area contributed by atoms with Gasteiger partial charge >= 0.3 is 12.0 Å². The van der Waals surface area contributed by atoms with Crippen molar-refractivity contribution in [2.24, 2.45) is 10.4 Å². The number of nitrogens with zero attached hydrogens (tertiary/aromatic N) is 5. The maximum Gasteiger partial charge on any atom is 0.350 e. The number of methoxy groups -OCH3 is 2. The quantitative estimate of drug-likeness (QED) is 0.599. The van der Waals surface area contributed by atoms with Crippen molar-refractivity contribution < 1.29 is 38.1 Å². The fourth-order valence-corrected chi connectivity index (χ4v) is 4.43. The molecule has 0 saturated heterocycles. The van der Waals surface area contributed by atoms with E-state index in [4.69, 9.17) is 9.47 Å². The summed E-state index contributed by atoms with van der Waals surface area (Å²) < 4.78 is 39.2. The molecule has 1 unspecified atom stereocenters. The Morgan fingerprint density at radius 1 is 1.03 bits per heavy atom. The summed E-state index contributed by atoms with van der Waals surface area (Å²) in [5, 5.41) is 28.9. The van der Waals surface area contributed by atoms with E-state index in [9.17, 15) is 28.6 Å². The zero-order valence-electron chi connectivity index (χ0n) is 19.6. The molecule has 4 rings (SSSR count). The number of carbonyl (C=O) groups is 2. The van der Waals surface area contributed by atoms with E-state index in [0.717, 1.165) is 37.5 Å². The van der Waals surface area contributed by atoms with Crippen molar-refractivity contribution in [3.05, 3.63) is 47.5 Å². The Morgan fingerprint density at radius 3 is 2.25 bits per heavy atom. The smallest absolute Gasteiger partial charge is 0.350 e. The van der Waals surface area contributed by atoms with E-state index in [1.54, 1.807) is 0 Å². The second-order valence-electron chi connectivity index (χ2n) is 8.26. The Bertz CT molecular complexity index is 1170. The van der Waals surface area contributed by atoms with E-state index in [1.807, 2.05) is 0 Å². The normalized spacial score (nSPS) is 17.9. The number of anilines is 2. The lowest BCUT2D eigenvalue weighted by atomic mass is 9.93. The molecule has 1 aliphatic heterocycles. The molecule has 1 fully saturated rings. The maximum absolute atomic E-state index is 14.3. The number of benzene rings is 2. The molecule has 0 spiro atoms. The second kappa shape index (κ2) is 10.3. The topological polar surface area (TPSA) is 128 Å². The third-order valence-electron chi connectivity index (χ3n) is 6.17. The third kappa shape index (κ3) is 4.49. The molecular weight excluding hydrogens is 480 g/mol. The molecule has 2 aliphatic rings. The first-order valence-corrected chi connectivity index (χ1v) is 11.2. The van der Waals surface area contributed by atoms with Gasteiger partial charge in [0, 0.05) is 12.1 Å². The van der Waals surface area contributed by atoms with Crippen molar-refractivity contribution >= 4 is 23.4 Å². The summed E-state index contributed by atoms with van der Waals surface area (Å²) in [6, 6.07) is 4.45. The minimum absolute atomic E-state index is 0.0289. The van der Waals surface area contributed by atoms with E-state index < -0.39 is 41.7 Å². The molecule has 0 aromatic heterocycles. The average molecular weight is 505 g/mol. The van der Waals surface area contributed by atoms with Crippen LogP contribution in [0.15, 0.2) is 40.8 Å². The van der Waals surface area contributed by atoms with Gasteiger partial charge in [-0.3, -0.25) is 4.90 Å². The van der Waals surface area contributed by atoms with E-state index in [0.29, 0.717) is 22.9 Å². The van der Waals surface area contributed by atoms with E-state index in [2.05, 4.69) is 10.4 Å². The molecule has 1 atom stereocenters. The fourth-order valence-electron chi connectivity index (χ4n) is 4.43. The number of carbonyl (C=O) groups excluding carboxylic acids is 1. The number of hydrogen-bond acceptors (Lipinski definition) is 8. The van der Waals surface area contributed by atoms with Gasteiger partial charge < -0.3 is 19.7 Å². The highest BCUT2D eigenvalue weighted by Crippen LogP contribution is 2.40. The standard InChI is InChI=1S/C23H25F2N5O6/c1-35-18-12-19(36-2)17(11-14(18)21(31)32)28(13-7-4-3-5-8-13)22(33)30-23(34)29(26-27-30)20-15(24)9-6-10-16(20)25/h6,9-13,23,34H,3-5,7-8H2,1-2H3,(H,31,32). The Morgan fingerprint density at radius 2 is 1.67 bits per heavy atom. The van der Waals surface area contributed by atoms with E-state index >= 15 is 0 Å². The van der Waals surface area contributed by atoms with Gasteiger partial charge in [0.2, 0.25) is 0 Å². The molecule has 1 saturated carbocycles. The Kier molecular flexibility index (Phi) is 7.20. The van der Waals surface area contributed by atoms with Crippen LogP contribution in [0.25, 0.3) is 0 Å². The van der Waals surface area contributed by atoms with Gasteiger partial charge in [-0.1, -0.05) is 25.3 Å². The van der Waals surface area contributed by atoms with Crippen LogP contribution >= 0.6 is 0 Å². The van der Waals surface area contributed by atoms with E-state index in [-0.39, 0.29) is 22.7 Å². The van der Waals surface area contributed by atoms with Crippen LogP contribution in [-0.2, 0) is 0 Å². The number of halogens is 2. The number of para-hydroxylation sites is 1. The monoisotopic (exact) mass is 505 g/mol. The van der Waals surface area contributed by atoms with Crippen LogP contribution in [-0.4, -0.2) is 53.8 Å². The van der Waals surface area contributed by atoms with Crippen LogP contribution in [0, 0.1) is 11.6 Å². The van der Waals surface area contributed by atoms with Gasteiger partial charge in [0.25, 0.3) is 6.35 Å². The molecular formula is C23H25F2N5O6. The van der Waals surface area contributed by atoms with Crippen LogP contribution in [0.1, 0.15) is 42.5 Å². The average Bonchev–Trinajstić information content (AvgIpc) is 3.25. The molecule has 11 nitrogen and oxygen atoms in total. The molecule has 2 N–H and O–H groups in total. The number of aromatic carboxylic acids is 1. The lowest BCUT2D eigenvalue weighted by Gasteiger charge is -2.37. The highest BCUT2D eigenvalue weighted by atomic mass is 19.1. The number of aliphatic hydroxyl groups excluding tert-OH is 1. The third-order valence-corrected chi connectivity index (χ3v) is 6.17. The highest BCUT2D eigenvalue weighted by molar-refractivity contribution is 5.98. The molecule has 36 heavy (non-hydrogen) atoms. The minimum Gasteiger partial charge on any atom is -0.496 e. The molecule has 2 aromatic carbocycles. The van der Waals surface area contributed by atoms with Crippen LogP contribution in [0.4, 0.5) is 25.0 Å². The molecule has 1 aliphatic carbocycles. The van der Waals surface area contributed by atoms with Crippen molar-refractivity contribution in [3.8, 4) is 11.5 Å². The summed E-state index contributed by atoms with van der Waals surface area (Å²) in [7, 11) is 2.66. The van der Waals surface area contributed by atoms with Crippen molar-refractivity contribution in [2.75, 3.05) is 24.1 Å². The van der Waals surface area contributed by atoms with Gasteiger partial charge in [-0.15, -0.1) is 5.01 Å². The lowest BCUT2D eigenvalue weighted by Crippen LogP contribution is -2.52. The summed E-state index contributed by atoms with van der Waals surface area (Å²) in [5.41, 5.74) is -0.769. The Hall–Kier alpha value is -4.00. The number of hydrogen-bond donors (Lipinski definition) is 2. The van der Waals surface area contributed by atoms with Crippen LogP contribution in [0.5, 0.6) is 11.5 Å². The Balaban J connectivity index is 1.76. The predicted molar refractivity (Wildman–Crippen MR) is 123 cm³/mol. The number of urea groups is 1. The summed E-state index contributed by atoms with van der Waals surface area (Å²) in [6.07, 6.45) is 1.82. The van der Waals surface area contributed by atoms with Crippen molar-refractivity contribution in [2.45, 2.75) is 44.5 Å².